The number of thioether (sulfide) groups is 1. The molecule has 2 unspecified atom stereocenters. The van der Waals surface area contributed by atoms with Crippen LogP contribution in [0.25, 0.3) is 22.3 Å². The maximum atomic E-state index is 12.9. The van der Waals surface area contributed by atoms with Gasteiger partial charge in [-0.1, -0.05) is 30.3 Å². The Morgan fingerprint density at radius 1 is 1.06 bits per heavy atom. The number of carbonyl (C=O) groups is 1. The van der Waals surface area contributed by atoms with Gasteiger partial charge in [-0.3, -0.25) is 4.79 Å². The van der Waals surface area contributed by atoms with Crippen LogP contribution in [0, 0.1) is 5.41 Å². The number of rotatable bonds is 10. The predicted molar refractivity (Wildman–Crippen MR) is 139 cm³/mol. The predicted octanol–water partition coefficient (Wildman–Crippen LogP) is 4.97. The van der Waals surface area contributed by atoms with Gasteiger partial charge < -0.3 is 25.7 Å². The van der Waals surface area contributed by atoms with E-state index in [0.29, 0.717) is 12.2 Å². The molecule has 6 nitrogen and oxygen atoms in total. The van der Waals surface area contributed by atoms with Crippen molar-refractivity contribution in [3.63, 3.8) is 0 Å². The molecular formula is C27H36N2O4S. The van der Waals surface area contributed by atoms with Crippen LogP contribution < -0.4 is 11.5 Å². The van der Waals surface area contributed by atoms with Gasteiger partial charge >= 0.3 is 5.97 Å². The molecule has 2 atom stereocenters. The number of furan rings is 1. The number of fused-ring (bicyclic) bond motifs is 1. The average Bonchev–Trinajstić information content (AvgIpc) is 3.18. The largest absolute Gasteiger partial charge is 0.462 e. The lowest BCUT2D eigenvalue weighted by Gasteiger charge is -2.43. The first-order valence-corrected chi connectivity index (χ1v) is 12.4. The van der Waals surface area contributed by atoms with Gasteiger partial charge in [0.25, 0.3) is 0 Å². The molecule has 0 aliphatic heterocycles. The van der Waals surface area contributed by atoms with Crippen LogP contribution >= 0.6 is 11.8 Å². The van der Waals surface area contributed by atoms with Gasteiger partial charge in [0, 0.05) is 32.7 Å². The van der Waals surface area contributed by atoms with Gasteiger partial charge in [-0.05, 0) is 65.3 Å². The van der Waals surface area contributed by atoms with Gasteiger partial charge in [-0.25, -0.2) is 0 Å². The third kappa shape index (κ3) is 6.42. The summed E-state index contributed by atoms with van der Waals surface area (Å²) >= 11 is 1.48. The number of benzene rings is 2. The van der Waals surface area contributed by atoms with Crippen LogP contribution in [0.1, 0.15) is 41.0 Å². The molecule has 0 amide bonds. The van der Waals surface area contributed by atoms with Crippen molar-refractivity contribution in [2.24, 2.45) is 16.9 Å². The van der Waals surface area contributed by atoms with Crippen LogP contribution in [0.2, 0.25) is 0 Å². The summed E-state index contributed by atoms with van der Waals surface area (Å²) in [6, 6.07) is 17.9. The fourth-order valence-electron chi connectivity index (χ4n) is 3.89. The van der Waals surface area contributed by atoms with E-state index in [1.807, 2.05) is 68.4 Å². The van der Waals surface area contributed by atoms with E-state index in [0.717, 1.165) is 27.2 Å². The van der Waals surface area contributed by atoms with Crippen molar-refractivity contribution in [3.05, 3.63) is 54.6 Å². The van der Waals surface area contributed by atoms with Gasteiger partial charge in [-0.2, -0.15) is 0 Å². The SMILES string of the molecule is CC(C)(N)CC(C)(C(=O)OCC(O)CSc1ccc2cc(-c3ccccc3)oc2c1)C(C)(C)N. The lowest BCUT2D eigenvalue weighted by Crippen LogP contribution is -2.58. The first kappa shape index (κ1) is 26.3. The van der Waals surface area contributed by atoms with Gasteiger partial charge in [0.1, 0.15) is 18.0 Å². The van der Waals surface area contributed by atoms with E-state index in [-0.39, 0.29) is 6.61 Å². The van der Waals surface area contributed by atoms with Gasteiger partial charge in [0.15, 0.2) is 0 Å². The molecule has 7 heteroatoms. The summed E-state index contributed by atoms with van der Waals surface area (Å²) < 4.78 is 11.5. The summed E-state index contributed by atoms with van der Waals surface area (Å²) in [7, 11) is 0. The molecule has 34 heavy (non-hydrogen) atoms. The summed E-state index contributed by atoms with van der Waals surface area (Å²) in [4.78, 5) is 13.9. The molecule has 1 aromatic heterocycles. The number of hydrogen-bond donors (Lipinski definition) is 3. The molecule has 5 N–H and O–H groups in total. The van der Waals surface area contributed by atoms with Crippen molar-refractivity contribution in [3.8, 4) is 11.3 Å². The molecule has 3 rings (SSSR count). The third-order valence-corrected chi connectivity index (χ3v) is 7.22. The highest BCUT2D eigenvalue weighted by molar-refractivity contribution is 7.99. The number of hydrogen-bond acceptors (Lipinski definition) is 7. The van der Waals surface area contributed by atoms with Crippen molar-refractivity contribution in [1.29, 1.82) is 0 Å². The quantitative estimate of drug-likeness (QED) is 0.275. The van der Waals surface area contributed by atoms with E-state index in [1.54, 1.807) is 20.8 Å². The number of aliphatic hydroxyl groups is 1. The Morgan fingerprint density at radius 3 is 2.35 bits per heavy atom. The normalized spacial score (nSPS) is 15.2. The van der Waals surface area contributed by atoms with E-state index in [1.165, 1.54) is 11.8 Å². The van der Waals surface area contributed by atoms with E-state index >= 15 is 0 Å². The molecule has 3 aromatic rings. The molecule has 0 radical (unpaired) electrons. The Labute approximate surface area is 206 Å². The Morgan fingerprint density at radius 2 is 1.74 bits per heavy atom. The van der Waals surface area contributed by atoms with Crippen LogP contribution in [0.15, 0.2) is 63.9 Å². The molecule has 1 heterocycles. The van der Waals surface area contributed by atoms with E-state index < -0.39 is 28.6 Å². The molecule has 2 aromatic carbocycles. The summed E-state index contributed by atoms with van der Waals surface area (Å²) in [5.41, 5.74) is 11.9. The van der Waals surface area contributed by atoms with Gasteiger partial charge in [-0.15, -0.1) is 11.8 Å². The highest BCUT2D eigenvalue weighted by Gasteiger charge is 2.48. The second-order valence-electron chi connectivity index (χ2n) is 10.5. The summed E-state index contributed by atoms with van der Waals surface area (Å²) in [6.45, 7) is 8.96. The minimum atomic E-state index is -0.987. The zero-order valence-electron chi connectivity index (χ0n) is 20.6. The Kier molecular flexibility index (Phi) is 7.82. The first-order valence-electron chi connectivity index (χ1n) is 11.4. The van der Waals surface area contributed by atoms with Crippen LogP contribution in [-0.4, -0.2) is 40.6 Å². The maximum Gasteiger partial charge on any atom is 0.313 e. The second kappa shape index (κ2) is 10.1. The van der Waals surface area contributed by atoms with Crippen molar-refractivity contribution in [2.45, 2.75) is 63.1 Å². The molecule has 184 valence electrons. The van der Waals surface area contributed by atoms with Crippen molar-refractivity contribution in [1.82, 2.24) is 0 Å². The van der Waals surface area contributed by atoms with Crippen LogP contribution in [0.4, 0.5) is 0 Å². The zero-order valence-corrected chi connectivity index (χ0v) is 21.4. The number of carbonyl (C=O) groups excluding carboxylic acids is 1. The van der Waals surface area contributed by atoms with Gasteiger partial charge in [0.2, 0.25) is 0 Å². The van der Waals surface area contributed by atoms with Crippen molar-refractivity contribution >= 4 is 28.7 Å². The highest BCUT2D eigenvalue weighted by atomic mass is 32.2. The van der Waals surface area contributed by atoms with Gasteiger partial charge in [0.05, 0.1) is 11.5 Å². The van der Waals surface area contributed by atoms with Crippen LogP contribution in [-0.2, 0) is 9.53 Å². The maximum absolute atomic E-state index is 12.9. The molecule has 0 fully saturated rings. The van der Waals surface area contributed by atoms with Crippen molar-refractivity contribution < 1.29 is 19.1 Å². The minimum Gasteiger partial charge on any atom is -0.462 e. The Bertz CT molecular complexity index is 1120. The second-order valence-corrected chi connectivity index (χ2v) is 11.6. The third-order valence-electron chi connectivity index (χ3n) is 6.08. The van der Waals surface area contributed by atoms with E-state index in [9.17, 15) is 9.90 Å². The highest BCUT2D eigenvalue weighted by Crippen LogP contribution is 2.38. The fraction of sp³-hybridized carbons (Fsp3) is 0.444. The number of aliphatic hydroxyl groups excluding tert-OH is 1. The monoisotopic (exact) mass is 484 g/mol. The standard InChI is InChI=1S/C27H36N2O4S/c1-25(2,28)17-27(5,26(3,4)29)24(31)32-15-20(30)16-34-21-12-11-19-13-22(33-23(19)14-21)18-9-7-6-8-10-18/h6-14,20,30H,15-17,28-29H2,1-5H3. The first-order chi connectivity index (χ1) is 15.8. The minimum absolute atomic E-state index is 0.107. The molecule has 0 saturated heterocycles. The Hall–Kier alpha value is -2.32. The number of esters is 1. The van der Waals surface area contributed by atoms with Crippen molar-refractivity contribution in [2.75, 3.05) is 12.4 Å². The molecule has 0 saturated carbocycles. The lowest BCUT2D eigenvalue weighted by atomic mass is 9.67. The summed E-state index contributed by atoms with van der Waals surface area (Å²) in [5, 5.41) is 11.5. The van der Waals surface area contributed by atoms with Crippen LogP contribution in [0.3, 0.4) is 0 Å². The lowest BCUT2D eigenvalue weighted by molar-refractivity contribution is -0.162. The number of nitrogens with two attached hydrogens (primary N) is 2. The van der Waals surface area contributed by atoms with Crippen LogP contribution in [0.5, 0.6) is 0 Å². The average molecular weight is 485 g/mol. The van der Waals surface area contributed by atoms with E-state index in [2.05, 4.69) is 0 Å². The molecule has 0 aliphatic carbocycles. The summed E-state index contributed by atoms with van der Waals surface area (Å²) in [5.74, 6) is 0.736. The Balaban J connectivity index is 1.59. The summed E-state index contributed by atoms with van der Waals surface area (Å²) in [6.07, 6.45) is -0.460. The molecule has 0 spiro atoms. The fourth-order valence-corrected chi connectivity index (χ4v) is 4.73. The van der Waals surface area contributed by atoms with E-state index in [4.69, 9.17) is 20.6 Å². The molecule has 0 bridgehead atoms. The number of ether oxygens (including phenoxy) is 1. The molecular weight excluding hydrogens is 448 g/mol. The smallest absolute Gasteiger partial charge is 0.313 e. The topological polar surface area (TPSA) is 112 Å². The zero-order chi connectivity index (χ0) is 25.1. The molecule has 0 aliphatic rings.